The molecular weight excluding hydrogens is 302 g/mol. The largest absolute Gasteiger partial charge is 0.490 e. The zero-order valence-corrected chi connectivity index (χ0v) is 14.1. The van der Waals surface area contributed by atoms with Crippen LogP contribution in [0.2, 0.25) is 0 Å². The van der Waals surface area contributed by atoms with Gasteiger partial charge < -0.3 is 20.1 Å². The predicted octanol–water partition coefficient (Wildman–Crippen LogP) is 3.31. The maximum Gasteiger partial charge on any atom is 0.319 e. The highest BCUT2D eigenvalue weighted by Gasteiger charge is 2.23. The van der Waals surface area contributed by atoms with Crippen molar-refractivity contribution < 1.29 is 19.2 Å². The Kier molecular flexibility index (Phi) is 6.18. The smallest absolute Gasteiger partial charge is 0.319 e. The minimum absolute atomic E-state index is 0.0450. The highest BCUT2D eigenvalue weighted by Crippen LogP contribution is 2.38. The third-order valence-electron chi connectivity index (χ3n) is 2.60. The molecule has 0 saturated carbocycles. The minimum atomic E-state index is -0.578. The molecule has 2 N–H and O–H groups in total. The molecule has 0 heterocycles. The van der Waals surface area contributed by atoms with Gasteiger partial charge in [-0.15, -0.1) is 0 Å². The number of nitro benzene ring substituents is 1. The van der Waals surface area contributed by atoms with Crippen LogP contribution in [0.15, 0.2) is 12.1 Å². The van der Waals surface area contributed by atoms with Gasteiger partial charge in [-0.1, -0.05) is 0 Å². The molecule has 8 heteroatoms. The summed E-state index contributed by atoms with van der Waals surface area (Å²) in [4.78, 5) is 22.6. The van der Waals surface area contributed by atoms with E-state index >= 15 is 0 Å². The van der Waals surface area contributed by atoms with E-state index < -0.39 is 16.5 Å². The van der Waals surface area contributed by atoms with Crippen molar-refractivity contribution in [2.24, 2.45) is 0 Å². The Labute approximate surface area is 135 Å². The Hall–Kier alpha value is -2.51. The minimum Gasteiger partial charge on any atom is -0.490 e. The summed E-state index contributed by atoms with van der Waals surface area (Å²) in [7, 11) is 0. The van der Waals surface area contributed by atoms with Crippen LogP contribution in [0.1, 0.15) is 34.6 Å². The van der Waals surface area contributed by atoms with Crippen LogP contribution in [0, 0.1) is 10.1 Å². The number of anilines is 1. The van der Waals surface area contributed by atoms with E-state index in [-0.39, 0.29) is 17.1 Å². The fraction of sp³-hybridized carbons (Fsp3) is 0.533. The Morgan fingerprint density at radius 3 is 2.13 bits per heavy atom. The second-order valence-electron chi connectivity index (χ2n) is 5.77. The molecular formula is C15H23N3O5. The number of rotatable bonds is 6. The molecule has 0 saturated heterocycles. The average molecular weight is 325 g/mol. The van der Waals surface area contributed by atoms with Crippen molar-refractivity contribution in [1.29, 1.82) is 0 Å². The quantitative estimate of drug-likeness (QED) is 0.617. The second kappa shape index (κ2) is 7.66. The van der Waals surface area contributed by atoms with E-state index in [1.54, 1.807) is 13.8 Å². The number of ether oxygens (including phenoxy) is 2. The van der Waals surface area contributed by atoms with Crippen LogP contribution in [0.25, 0.3) is 0 Å². The standard InChI is InChI=1S/C15H23N3O5/c1-6-22-12-8-10(16-14(19)17-15(3,4)5)11(18(20)21)9-13(12)23-7-2/h8-9H,6-7H2,1-5H3,(H2,16,17,19). The summed E-state index contributed by atoms with van der Waals surface area (Å²) in [5.41, 5.74) is -0.683. The lowest BCUT2D eigenvalue weighted by molar-refractivity contribution is -0.384. The first kappa shape index (κ1) is 18.5. The number of benzene rings is 1. The molecule has 0 fully saturated rings. The Morgan fingerprint density at radius 2 is 1.70 bits per heavy atom. The molecule has 0 aliphatic heterocycles. The van der Waals surface area contributed by atoms with Gasteiger partial charge in [0.15, 0.2) is 11.5 Å². The number of nitrogens with one attached hydrogen (secondary N) is 2. The monoisotopic (exact) mass is 325 g/mol. The van der Waals surface area contributed by atoms with E-state index in [0.717, 1.165) is 0 Å². The Balaban J connectivity index is 3.20. The van der Waals surface area contributed by atoms with Gasteiger partial charge in [0.2, 0.25) is 0 Å². The fourth-order valence-electron chi connectivity index (χ4n) is 1.83. The topological polar surface area (TPSA) is 103 Å². The van der Waals surface area contributed by atoms with E-state index in [9.17, 15) is 14.9 Å². The maximum atomic E-state index is 12.0. The van der Waals surface area contributed by atoms with Crippen LogP contribution in [0.4, 0.5) is 16.2 Å². The summed E-state index contributed by atoms with van der Waals surface area (Å²) in [6.45, 7) is 9.70. The first-order valence-electron chi connectivity index (χ1n) is 7.35. The van der Waals surface area contributed by atoms with Crippen LogP contribution >= 0.6 is 0 Å². The Bertz CT molecular complexity index is 581. The molecule has 23 heavy (non-hydrogen) atoms. The van der Waals surface area contributed by atoms with E-state index in [1.807, 2.05) is 20.8 Å². The highest BCUT2D eigenvalue weighted by molar-refractivity contribution is 5.93. The van der Waals surface area contributed by atoms with E-state index in [0.29, 0.717) is 19.0 Å². The van der Waals surface area contributed by atoms with Crippen LogP contribution < -0.4 is 20.1 Å². The van der Waals surface area contributed by atoms with Gasteiger partial charge in [0.1, 0.15) is 5.69 Å². The van der Waals surface area contributed by atoms with Gasteiger partial charge in [-0.05, 0) is 34.6 Å². The third kappa shape index (κ3) is 5.65. The number of nitro groups is 1. The molecule has 0 bridgehead atoms. The first-order chi connectivity index (χ1) is 10.7. The van der Waals surface area contributed by atoms with Crippen LogP contribution in [-0.4, -0.2) is 29.7 Å². The number of amides is 2. The molecule has 1 rings (SSSR count). The molecule has 8 nitrogen and oxygen atoms in total. The number of hydrogen-bond acceptors (Lipinski definition) is 5. The summed E-state index contributed by atoms with van der Waals surface area (Å²) in [5, 5.41) is 16.4. The van der Waals surface area contributed by atoms with Crippen LogP contribution in [0.3, 0.4) is 0 Å². The second-order valence-corrected chi connectivity index (χ2v) is 5.77. The molecule has 2 amide bonds. The van der Waals surface area contributed by atoms with Gasteiger partial charge in [0, 0.05) is 11.6 Å². The molecule has 0 unspecified atom stereocenters. The molecule has 0 radical (unpaired) electrons. The van der Waals surface area contributed by atoms with Gasteiger partial charge in [-0.2, -0.15) is 0 Å². The van der Waals surface area contributed by atoms with Crippen molar-refractivity contribution in [2.75, 3.05) is 18.5 Å². The lowest BCUT2D eigenvalue weighted by Crippen LogP contribution is -2.43. The predicted molar refractivity (Wildman–Crippen MR) is 87.3 cm³/mol. The molecule has 1 aromatic rings. The summed E-state index contributed by atoms with van der Waals surface area (Å²) in [6.07, 6.45) is 0. The van der Waals surface area contributed by atoms with E-state index in [2.05, 4.69) is 10.6 Å². The van der Waals surface area contributed by atoms with E-state index in [4.69, 9.17) is 9.47 Å². The van der Waals surface area contributed by atoms with Gasteiger partial charge in [-0.25, -0.2) is 4.79 Å². The van der Waals surface area contributed by atoms with Gasteiger partial charge in [0.05, 0.1) is 24.2 Å². The third-order valence-corrected chi connectivity index (χ3v) is 2.60. The zero-order chi connectivity index (χ0) is 17.6. The van der Waals surface area contributed by atoms with Crippen molar-refractivity contribution in [3.8, 4) is 11.5 Å². The summed E-state index contributed by atoms with van der Waals surface area (Å²) in [5.74, 6) is 0.605. The summed E-state index contributed by atoms with van der Waals surface area (Å²) in [6, 6.07) is 2.11. The van der Waals surface area contributed by atoms with Crippen molar-refractivity contribution >= 4 is 17.4 Å². The summed E-state index contributed by atoms with van der Waals surface area (Å²) < 4.78 is 10.8. The molecule has 128 valence electrons. The number of nitrogens with zero attached hydrogens (tertiary/aromatic N) is 1. The molecule has 0 aliphatic rings. The average Bonchev–Trinajstić information content (AvgIpc) is 2.39. The molecule has 0 atom stereocenters. The SMILES string of the molecule is CCOc1cc(NC(=O)NC(C)(C)C)c([N+](=O)[O-])cc1OCC. The fourth-order valence-corrected chi connectivity index (χ4v) is 1.83. The number of carbonyl (C=O) groups excluding carboxylic acids is 1. The zero-order valence-electron chi connectivity index (χ0n) is 14.1. The molecule has 0 aliphatic carbocycles. The molecule has 0 aromatic heterocycles. The Morgan fingerprint density at radius 1 is 1.17 bits per heavy atom. The lowest BCUT2D eigenvalue weighted by Gasteiger charge is -2.21. The highest BCUT2D eigenvalue weighted by atomic mass is 16.6. The van der Waals surface area contributed by atoms with Crippen LogP contribution in [0.5, 0.6) is 11.5 Å². The summed E-state index contributed by atoms with van der Waals surface area (Å²) >= 11 is 0. The van der Waals surface area contributed by atoms with E-state index in [1.165, 1.54) is 12.1 Å². The number of urea groups is 1. The molecule has 0 spiro atoms. The van der Waals surface area contributed by atoms with Gasteiger partial charge >= 0.3 is 6.03 Å². The van der Waals surface area contributed by atoms with Gasteiger partial charge in [0.25, 0.3) is 5.69 Å². The normalized spacial score (nSPS) is 10.8. The lowest BCUT2D eigenvalue weighted by atomic mass is 10.1. The van der Waals surface area contributed by atoms with Crippen molar-refractivity contribution in [1.82, 2.24) is 5.32 Å². The van der Waals surface area contributed by atoms with Crippen molar-refractivity contribution in [3.05, 3.63) is 22.2 Å². The van der Waals surface area contributed by atoms with Crippen molar-refractivity contribution in [2.45, 2.75) is 40.2 Å². The maximum absolute atomic E-state index is 12.0. The number of hydrogen-bond donors (Lipinski definition) is 2. The first-order valence-corrected chi connectivity index (χ1v) is 7.35. The van der Waals surface area contributed by atoms with Gasteiger partial charge in [-0.3, -0.25) is 10.1 Å². The molecule has 1 aromatic carbocycles. The van der Waals surface area contributed by atoms with Crippen LogP contribution in [-0.2, 0) is 0 Å². The number of carbonyl (C=O) groups is 1. The van der Waals surface area contributed by atoms with Crippen molar-refractivity contribution in [3.63, 3.8) is 0 Å².